The Morgan fingerprint density at radius 2 is 2.17 bits per heavy atom. The summed E-state index contributed by atoms with van der Waals surface area (Å²) in [7, 11) is 1.78. The van der Waals surface area contributed by atoms with Crippen molar-refractivity contribution < 1.29 is 4.74 Å². The van der Waals surface area contributed by atoms with Crippen molar-refractivity contribution in [1.82, 2.24) is 4.90 Å². The van der Waals surface area contributed by atoms with E-state index in [1.807, 2.05) is 18.2 Å². The highest BCUT2D eigenvalue weighted by atomic mass is 16.5. The van der Waals surface area contributed by atoms with E-state index in [1.54, 1.807) is 7.11 Å². The van der Waals surface area contributed by atoms with E-state index >= 15 is 0 Å². The minimum atomic E-state index is 0.719. The van der Waals surface area contributed by atoms with Gasteiger partial charge in [0.1, 0.15) is 0 Å². The number of benzene rings is 1. The van der Waals surface area contributed by atoms with Crippen molar-refractivity contribution in [3.63, 3.8) is 0 Å². The summed E-state index contributed by atoms with van der Waals surface area (Å²) in [5.74, 6) is 0.719. The van der Waals surface area contributed by atoms with Gasteiger partial charge < -0.3 is 4.74 Å². The first-order valence-corrected chi connectivity index (χ1v) is 6.52. The van der Waals surface area contributed by atoms with Crippen LogP contribution in [-0.4, -0.2) is 31.7 Å². The van der Waals surface area contributed by atoms with Crippen LogP contribution < -0.4 is 0 Å². The largest absolute Gasteiger partial charge is 0.384 e. The lowest BCUT2D eigenvalue weighted by Gasteiger charge is -2.31. The summed E-state index contributed by atoms with van der Waals surface area (Å²) in [6.45, 7) is 4.10. The molecule has 1 aliphatic heterocycles. The van der Waals surface area contributed by atoms with Crippen molar-refractivity contribution in [1.29, 1.82) is 5.26 Å². The molecule has 0 N–H and O–H groups in total. The SMILES string of the molecule is COCC1CCN(Cc2cccc(C#N)c2)CC1. The Balaban J connectivity index is 1.86. The van der Waals surface area contributed by atoms with Gasteiger partial charge in [-0.15, -0.1) is 0 Å². The van der Waals surface area contributed by atoms with Crippen molar-refractivity contribution in [2.24, 2.45) is 5.92 Å². The molecule has 0 bridgehead atoms. The molecule has 0 amide bonds. The number of hydrogen-bond acceptors (Lipinski definition) is 3. The molecule has 18 heavy (non-hydrogen) atoms. The van der Waals surface area contributed by atoms with Gasteiger partial charge in [-0.3, -0.25) is 4.90 Å². The molecule has 0 spiro atoms. The quantitative estimate of drug-likeness (QED) is 0.816. The summed E-state index contributed by atoms with van der Waals surface area (Å²) in [5, 5.41) is 8.88. The highest BCUT2D eigenvalue weighted by Gasteiger charge is 2.18. The van der Waals surface area contributed by atoms with E-state index in [1.165, 1.54) is 18.4 Å². The molecule has 0 unspecified atom stereocenters. The molecule has 0 saturated carbocycles. The molecule has 1 aliphatic rings. The fourth-order valence-electron chi connectivity index (χ4n) is 2.54. The van der Waals surface area contributed by atoms with E-state index < -0.39 is 0 Å². The Kier molecular flexibility index (Phi) is 4.74. The Labute approximate surface area is 109 Å². The number of likely N-dealkylation sites (tertiary alicyclic amines) is 1. The lowest BCUT2D eigenvalue weighted by molar-refractivity contribution is 0.0968. The zero-order valence-corrected chi connectivity index (χ0v) is 10.9. The normalized spacial score (nSPS) is 17.6. The Morgan fingerprint density at radius 3 is 2.83 bits per heavy atom. The highest BCUT2D eigenvalue weighted by Crippen LogP contribution is 2.19. The average Bonchev–Trinajstić information content (AvgIpc) is 2.42. The molecule has 0 atom stereocenters. The van der Waals surface area contributed by atoms with E-state index in [9.17, 15) is 0 Å². The van der Waals surface area contributed by atoms with Crippen LogP contribution in [0.5, 0.6) is 0 Å². The number of hydrogen-bond donors (Lipinski definition) is 0. The summed E-state index contributed by atoms with van der Waals surface area (Å²) in [5.41, 5.74) is 1.99. The maximum absolute atomic E-state index is 8.88. The van der Waals surface area contributed by atoms with Crippen molar-refractivity contribution in [3.8, 4) is 6.07 Å². The van der Waals surface area contributed by atoms with E-state index in [2.05, 4.69) is 17.0 Å². The maximum atomic E-state index is 8.88. The third kappa shape index (κ3) is 3.56. The molecule has 0 aromatic heterocycles. The summed E-state index contributed by atoms with van der Waals surface area (Å²) in [6, 6.07) is 10.1. The van der Waals surface area contributed by atoms with Crippen molar-refractivity contribution in [2.75, 3.05) is 26.8 Å². The molecule has 96 valence electrons. The average molecular weight is 244 g/mol. The molecule has 1 aromatic rings. The first kappa shape index (κ1) is 13.1. The molecule has 1 saturated heterocycles. The van der Waals surface area contributed by atoms with Crippen LogP contribution in [-0.2, 0) is 11.3 Å². The summed E-state index contributed by atoms with van der Waals surface area (Å²) in [4.78, 5) is 2.46. The van der Waals surface area contributed by atoms with Crippen LogP contribution in [0.1, 0.15) is 24.0 Å². The fraction of sp³-hybridized carbons (Fsp3) is 0.533. The predicted molar refractivity (Wildman–Crippen MR) is 71.0 cm³/mol. The third-order valence-electron chi connectivity index (χ3n) is 3.57. The summed E-state index contributed by atoms with van der Waals surface area (Å²) >= 11 is 0. The molecular formula is C15H20N2O. The minimum Gasteiger partial charge on any atom is -0.384 e. The predicted octanol–water partition coefficient (Wildman–Crippen LogP) is 2.42. The molecule has 0 radical (unpaired) electrons. The van der Waals surface area contributed by atoms with Crippen LogP contribution in [0.15, 0.2) is 24.3 Å². The molecular weight excluding hydrogens is 224 g/mol. The van der Waals surface area contributed by atoms with Gasteiger partial charge in [-0.1, -0.05) is 12.1 Å². The van der Waals surface area contributed by atoms with Gasteiger partial charge >= 0.3 is 0 Å². The first-order chi connectivity index (χ1) is 8.81. The van der Waals surface area contributed by atoms with Gasteiger partial charge in [-0.25, -0.2) is 0 Å². The Bertz CT molecular complexity index is 417. The molecule has 1 heterocycles. The van der Waals surface area contributed by atoms with Gasteiger partial charge in [0, 0.05) is 20.3 Å². The summed E-state index contributed by atoms with van der Waals surface area (Å²) < 4.78 is 5.21. The van der Waals surface area contributed by atoms with E-state index in [-0.39, 0.29) is 0 Å². The van der Waals surface area contributed by atoms with Crippen molar-refractivity contribution in [2.45, 2.75) is 19.4 Å². The van der Waals surface area contributed by atoms with Crippen LogP contribution in [0, 0.1) is 17.2 Å². The van der Waals surface area contributed by atoms with Gasteiger partial charge in [0.25, 0.3) is 0 Å². The number of rotatable bonds is 4. The van der Waals surface area contributed by atoms with Gasteiger partial charge in [-0.05, 0) is 49.5 Å². The van der Waals surface area contributed by atoms with Crippen molar-refractivity contribution >= 4 is 0 Å². The van der Waals surface area contributed by atoms with E-state index in [4.69, 9.17) is 10.00 Å². The maximum Gasteiger partial charge on any atom is 0.0991 e. The number of nitrogens with zero attached hydrogens (tertiary/aromatic N) is 2. The third-order valence-corrected chi connectivity index (χ3v) is 3.57. The van der Waals surface area contributed by atoms with Gasteiger partial charge in [0.05, 0.1) is 11.6 Å². The zero-order valence-electron chi connectivity index (χ0n) is 10.9. The number of methoxy groups -OCH3 is 1. The van der Waals surface area contributed by atoms with Crippen molar-refractivity contribution in [3.05, 3.63) is 35.4 Å². The number of piperidine rings is 1. The second-order valence-corrected chi connectivity index (χ2v) is 4.99. The highest BCUT2D eigenvalue weighted by molar-refractivity contribution is 5.32. The second kappa shape index (κ2) is 6.53. The molecule has 3 heteroatoms. The Hall–Kier alpha value is -1.37. The lowest BCUT2D eigenvalue weighted by Crippen LogP contribution is -2.34. The van der Waals surface area contributed by atoms with Crippen LogP contribution in [0.3, 0.4) is 0 Å². The molecule has 2 rings (SSSR count). The van der Waals surface area contributed by atoms with Crippen LogP contribution in [0.2, 0.25) is 0 Å². The van der Waals surface area contributed by atoms with Gasteiger partial charge in [0.15, 0.2) is 0 Å². The zero-order chi connectivity index (χ0) is 12.8. The minimum absolute atomic E-state index is 0.719. The smallest absolute Gasteiger partial charge is 0.0991 e. The monoisotopic (exact) mass is 244 g/mol. The second-order valence-electron chi connectivity index (χ2n) is 4.99. The Morgan fingerprint density at radius 1 is 1.39 bits per heavy atom. The summed E-state index contributed by atoms with van der Waals surface area (Å²) in [6.07, 6.45) is 2.43. The molecule has 0 aliphatic carbocycles. The molecule has 1 aromatic carbocycles. The molecule has 3 nitrogen and oxygen atoms in total. The standard InChI is InChI=1S/C15H20N2O/c1-18-12-13-5-7-17(8-6-13)11-15-4-2-3-14(9-15)10-16/h2-4,9,13H,5-8,11-12H2,1H3. The topological polar surface area (TPSA) is 36.3 Å². The van der Waals surface area contributed by atoms with E-state index in [0.29, 0.717) is 0 Å². The lowest BCUT2D eigenvalue weighted by atomic mass is 9.97. The van der Waals surface area contributed by atoms with Crippen LogP contribution in [0.25, 0.3) is 0 Å². The van der Waals surface area contributed by atoms with Gasteiger partial charge in [0.2, 0.25) is 0 Å². The van der Waals surface area contributed by atoms with E-state index in [0.717, 1.165) is 37.7 Å². The number of ether oxygens (including phenoxy) is 1. The van der Waals surface area contributed by atoms with Gasteiger partial charge in [-0.2, -0.15) is 5.26 Å². The first-order valence-electron chi connectivity index (χ1n) is 6.52. The van der Waals surface area contributed by atoms with Crippen LogP contribution >= 0.6 is 0 Å². The molecule has 1 fully saturated rings. The number of nitriles is 1. The fourth-order valence-corrected chi connectivity index (χ4v) is 2.54. The van der Waals surface area contributed by atoms with Crippen LogP contribution in [0.4, 0.5) is 0 Å².